The van der Waals surface area contributed by atoms with Gasteiger partial charge >= 0.3 is 5.97 Å². The van der Waals surface area contributed by atoms with Gasteiger partial charge in [0.05, 0.1) is 7.11 Å². The number of carbonyl (C=O) groups is 1. The van der Waals surface area contributed by atoms with E-state index in [9.17, 15) is 17.6 Å². The molecule has 1 heterocycles. The molecule has 1 atom stereocenters. The summed E-state index contributed by atoms with van der Waals surface area (Å²) in [5.41, 5.74) is 0.595. The first-order valence-electron chi connectivity index (χ1n) is 6.68. The van der Waals surface area contributed by atoms with Crippen molar-refractivity contribution in [2.45, 2.75) is 6.04 Å². The van der Waals surface area contributed by atoms with Gasteiger partial charge in [0.25, 0.3) is 10.2 Å². The van der Waals surface area contributed by atoms with Crippen LogP contribution < -0.4 is 5.14 Å². The predicted octanol–water partition coefficient (Wildman–Crippen LogP) is -0.139. The third-order valence-electron chi connectivity index (χ3n) is 3.61. The Kier molecular flexibility index (Phi) is 5.12. The van der Waals surface area contributed by atoms with Gasteiger partial charge in [-0.05, 0) is 17.7 Å². The zero-order valence-corrected chi connectivity index (χ0v) is 12.9. The number of hydrogen-bond acceptors (Lipinski definition) is 5. The number of nitrogens with two attached hydrogens (primary N) is 1. The van der Waals surface area contributed by atoms with Crippen LogP contribution in [0.15, 0.2) is 24.3 Å². The highest BCUT2D eigenvalue weighted by molar-refractivity contribution is 7.86. The van der Waals surface area contributed by atoms with Gasteiger partial charge in [-0.3, -0.25) is 4.90 Å². The Morgan fingerprint density at radius 2 is 1.77 bits per heavy atom. The summed E-state index contributed by atoms with van der Waals surface area (Å²) in [6, 6.07) is 4.87. The lowest BCUT2D eigenvalue weighted by atomic mass is 10.0. The smallest absolute Gasteiger partial charge is 0.327 e. The van der Waals surface area contributed by atoms with Gasteiger partial charge in [0, 0.05) is 26.2 Å². The maximum absolute atomic E-state index is 13.0. The summed E-state index contributed by atoms with van der Waals surface area (Å²) < 4.78 is 41.6. The monoisotopic (exact) mass is 331 g/mol. The molecule has 0 aliphatic carbocycles. The largest absolute Gasteiger partial charge is 0.468 e. The van der Waals surface area contributed by atoms with Crippen molar-refractivity contribution in [3.8, 4) is 0 Å². The van der Waals surface area contributed by atoms with E-state index in [1.807, 2.05) is 0 Å². The minimum atomic E-state index is -3.73. The highest BCUT2D eigenvalue weighted by Gasteiger charge is 2.33. The van der Waals surface area contributed by atoms with E-state index in [-0.39, 0.29) is 13.1 Å². The molecule has 1 fully saturated rings. The van der Waals surface area contributed by atoms with Crippen LogP contribution >= 0.6 is 0 Å². The van der Waals surface area contributed by atoms with Crippen LogP contribution in [-0.2, 0) is 19.7 Å². The van der Waals surface area contributed by atoms with E-state index in [2.05, 4.69) is 0 Å². The molecule has 0 saturated carbocycles. The first-order chi connectivity index (χ1) is 10.3. The summed E-state index contributed by atoms with van der Waals surface area (Å²) in [6.07, 6.45) is 0. The maximum Gasteiger partial charge on any atom is 0.327 e. The zero-order valence-electron chi connectivity index (χ0n) is 12.1. The number of esters is 1. The lowest BCUT2D eigenvalue weighted by molar-refractivity contribution is -0.147. The second-order valence-electron chi connectivity index (χ2n) is 4.96. The minimum absolute atomic E-state index is 0.188. The number of rotatable bonds is 4. The van der Waals surface area contributed by atoms with Crippen molar-refractivity contribution in [2.75, 3.05) is 33.3 Å². The number of carbonyl (C=O) groups excluding carboxylic acids is 1. The maximum atomic E-state index is 13.0. The molecule has 1 aliphatic rings. The summed E-state index contributed by atoms with van der Waals surface area (Å²) in [7, 11) is -2.45. The number of piperazine rings is 1. The summed E-state index contributed by atoms with van der Waals surface area (Å²) in [5, 5.41) is 5.09. The Labute approximate surface area is 128 Å². The van der Waals surface area contributed by atoms with E-state index in [1.165, 1.54) is 31.4 Å². The molecule has 122 valence electrons. The Hall–Kier alpha value is -1.55. The number of ether oxygens (including phenoxy) is 1. The SMILES string of the molecule is COC(=O)C(c1ccc(F)cc1)N1CCN(S(N)(=O)=O)CC1. The molecule has 1 unspecified atom stereocenters. The summed E-state index contributed by atoms with van der Waals surface area (Å²) in [5.74, 6) is -0.873. The fourth-order valence-electron chi connectivity index (χ4n) is 2.47. The summed E-state index contributed by atoms with van der Waals surface area (Å²) in [6.45, 7) is 1.03. The van der Waals surface area contributed by atoms with Gasteiger partial charge in [0.15, 0.2) is 0 Å². The highest BCUT2D eigenvalue weighted by atomic mass is 32.2. The molecule has 1 aromatic carbocycles. The average Bonchev–Trinajstić information content (AvgIpc) is 2.49. The fourth-order valence-corrected chi connectivity index (χ4v) is 3.14. The Balaban J connectivity index is 2.18. The summed E-state index contributed by atoms with van der Waals surface area (Å²) in [4.78, 5) is 13.9. The summed E-state index contributed by atoms with van der Waals surface area (Å²) >= 11 is 0. The lowest BCUT2D eigenvalue weighted by Gasteiger charge is -2.36. The van der Waals surface area contributed by atoms with Gasteiger partial charge in [-0.25, -0.2) is 14.3 Å². The van der Waals surface area contributed by atoms with Gasteiger partial charge in [0.2, 0.25) is 0 Å². The minimum Gasteiger partial charge on any atom is -0.468 e. The third kappa shape index (κ3) is 3.80. The van der Waals surface area contributed by atoms with Crippen LogP contribution in [-0.4, -0.2) is 56.9 Å². The van der Waals surface area contributed by atoms with Crippen LogP contribution in [0, 0.1) is 5.82 Å². The van der Waals surface area contributed by atoms with Gasteiger partial charge in [-0.1, -0.05) is 12.1 Å². The van der Waals surface area contributed by atoms with Gasteiger partial charge < -0.3 is 4.74 Å². The van der Waals surface area contributed by atoms with Crippen molar-refractivity contribution in [1.29, 1.82) is 0 Å². The molecule has 9 heteroatoms. The topological polar surface area (TPSA) is 92.9 Å². The molecule has 1 saturated heterocycles. The molecule has 0 aromatic heterocycles. The van der Waals surface area contributed by atoms with Crippen molar-refractivity contribution >= 4 is 16.2 Å². The standard InChI is InChI=1S/C13H18FN3O4S/c1-21-13(18)12(10-2-4-11(14)5-3-10)16-6-8-17(9-7-16)22(15,19)20/h2-5,12H,6-9H2,1H3,(H2,15,19,20). The number of benzene rings is 1. The van der Waals surface area contributed by atoms with E-state index >= 15 is 0 Å². The second kappa shape index (κ2) is 6.69. The normalized spacial score (nSPS) is 18.9. The molecular formula is C13H18FN3O4S. The molecule has 7 nitrogen and oxygen atoms in total. The van der Waals surface area contributed by atoms with E-state index in [1.54, 1.807) is 4.90 Å². The molecule has 22 heavy (non-hydrogen) atoms. The first-order valence-corrected chi connectivity index (χ1v) is 8.18. The van der Waals surface area contributed by atoms with Gasteiger partial charge in [0.1, 0.15) is 11.9 Å². The molecule has 0 spiro atoms. The lowest BCUT2D eigenvalue weighted by Crippen LogP contribution is -2.52. The molecule has 2 rings (SSSR count). The Morgan fingerprint density at radius 3 is 2.23 bits per heavy atom. The predicted molar refractivity (Wildman–Crippen MR) is 77.4 cm³/mol. The van der Waals surface area contributed by atoms with Crippen molar-refractivity contribution < 1.29 is 22.3 Å². The number of nitrogens with zero attached hydrogens (tertiary/aromatic N) is 2. The quantitative estimate of drug-likeness (QED) is 0.775. The zero-order chi connectivity index (χ0) is 16.3. The first kappa shape index (κ1) is 16.8. The number of methoxy groups -OCH3 is 1. The molecule has 0 bridgehead atoms. The van der Waals surface area contributed by atoms with Crippen molar-refractivity contribution in [2.24, 2.45) is 5.14 Å². The molecule has 0 radical (unpaired) electrons. The van der Waals surface area contributed by atoms with E-state index in [0.717, 1.165) is 4.31 Å². The average molecular weight is 331 g/mol. The van der Waals surface area contributed by atoms with Crippen LogP contribution in [0.1, 0.15) is 11.6 Å². The second-order valence-corrected chi connectivity index (χ2v) is 6.50. The van der Waals surface area contributed by atoms with Crippen LogP contribution in [0.4, 0.5) is 4.39 Å². The van der Waals surface area contributed by atoms with E-state index in [0.29, 0.717) is 18.7 Å². The van der Waals surface area contributed by atoms with Crippen molar-refractivity contribution in [3.63, 3.8) is 0 Å². The van der Waals surface area contributed by atoms with Crippen LogP contribution in [0.3, 0.4) is 0 Å². The number of hydrogen-bond donors (Lipinski definition) is 1. The van der Waals surface area contributed by atoms with Crippen LogP contribution in [0.25, 0.3) is 0 Å². The fraction of sp³-hybridized carbons (Fsp3) is 0.462. The van der Waals surface area contributed by atoms with Gasteiger partial charge in [-0.15, -0.1) is 0 Å². The van der Waals surface area contributed by atoms with E-state index < -0.39 is 28.0 Å². The van der Waals surface area contributed by atoms with E-state index in [4.69, 9.17) is 9.88 Å². The highest BCUT2D eigenvalue weighted by Crippen LogP contribution is 2.24. The Bertz CT molecular complexity index is 627. The molecular weight excluding hydrogens is 313 g/mol. The van der Waals surface area contributed by atoms with Gasteiger partial charge in [-0.2, -0.15) is 12.7 Å². The van der Waals surface area contributed by atoms with Crippen molar-refractivity contribution in [1.82, 2.24) is 9.21 Å². The molecule has 0 amide bonds. The van der Waals surface area contributed by atoms with Crippen LogP contribution in [0.2, 0.25) is 0 Å². The number of halogens is 1. The third-order valence-corrected chi connectivity index (χ3v) is 4.69. The molecule has 2 N–H and O–H groups in total. The molecule has 1 aliphatic heterocycles. The van der Waals surface area contributed by atoms with Crippen molar-refractivity contribution in [3.05, 3.63) is 35.6 Å². The molecule has 1 aromatic rings. The van der Waals surface area contributed by atoms with Crippen LogP contribution in [0.5, 0.6) is 0 Å². The Morgan fingerprint density at radius 1 is 1.23 bits per heavy atom.